The molecular weight excluding hydrogens is 246 g/mol. The average Bonchev–Trinajstić information content (AvgIpc) is 2.37. The van der Waals surface area contributed by atoms with Crippen LogP contribution in [0.25, 0.3) is 0 Å². The van der Waals surface area contributed by atoms with E-state index in [-0.39, 0.29) is 30.1 Å². The molecule has 1 atom stereocenters. The van der Waals surface area contributed by atoms with Gasteiger partial charge in [0.25, 0.3) is 0 Å². The number of nitrogens with one attached hydrogen (secondary N) is 3. The van der Waals surface area contributed by atoms with E-state index < -0.39 is 0 Å². The molecule has 0 aliphatic carbocycles. The zero-order valence-corrected chi connectivity index (χ0v) is 11.6. The van der Waals surface area contributed by atoms with Crippen molar-refractivity contribution in [2.24, 2.45) is 11.8 Å². The van der Waals surface area contributed by atoms with Gasteiger partial charge in [0.2, 0.25) is 17.7 Å². The second-order valence-corrected chi connectivity index (χ2v) is 5.28. The zero-order valence-electron chi connectivity index (χ0n) is 11.6. The molecule has 19 heavy (non-hydrogen) atoms. The largest absolute Gasteiger partial charge is 0.356 e. The summed E-state index contributed by atoms with van der Waals surface area (Å²) >= 11 is 0. The molecule has 0 bridgehead atoms. The summed E-state index contributed by atoms with van der Waals surface area (Å²) in [5.41, 5.74) is 0. The van der Waals surface area contributed by atoms with Crippen LogP contribution in [0.1, 0.15) is 33.1 Å². The number of hydrogen-bond acceptors (Lipinski definition) is 3. The first-order chi connectivity index (χ1) is 8.99. The third-order valence-corrected chi connectivity index (χ3v) is 3.00. The van der Waals surface area contributed by atoms with Crippen LogP contribution < -0.4 is 16.0 Å². The van der Waals surface area contributed by atoms with Crippen molar-refractivity contribution in [2.45, 2.75) is 33.1 Å². The fourth-order valence-electron chi connectivity index (χ4n) is 1.81. The monoisotopic (exact) mass is 269 g/mol. The summed E-state index contributed by atoms with van der Waals surface area (Å²) in [5, 5.41) is 8.19. The van der Waals surface area contributed by atoms with E-state index in [1.54, 1.807) is 0 Å². The average molecular weight is 269 g/mol. The Kier molecular flexibility index (Phi) is 6.32. The number of amides is 3. The molecule has 1 heterocycles. The number of carbonyl (C=O) groups is 3. The molecule has 0 aromatic rings. The van der Waals surface area contributed by atoms with Crippen LogP contribution in [-0.4, -0.2) is 37.4 Å². The Morgan fingerprint density at radius 3 is 2.68 bits per heavy atom. The molecule has 0 saturated carbocycles. The highest BCUT2D eigenvalue weighted by Crippen LogP contribution is 2.10. The van der Waals surface area contributed by atoms with Gasteiger partial charge in [-0.1, -0.05) is 13.8 Å². The molecular formula is C13H23N3O3. The van der Waals surface area contributed by atoms with E-state index in [4.69, 9.17) is 0 Å². The quantitative estimate of drug-likeness (QED) is 0.623. The summed E-state index contributed by atoms with van der Waals surface area (Å²) < 4.78 is 0. The van der Waals surface area contributed by atoms with Crippen LogP contribution in [-0.2, 0) is 14.4 Å². The smallest absolute Gasteiger partial charge is 0.224 e. The molecule has 1 saturated heterocycles. The van der Waals surface area contributed by atoms with Crippen molar-refractivity contribution in [3.05, 3.63) is 0 Å². The second-order valence-electron chi connectivity index (χ2n) is 5.28. The van der Waals surface area contributed by atoms with Gasteiger partial charge in [-0.25, -0.2) is 0 Å². The van der Waals surface area contributed by atoms with Crippen LogP contribution in [0.2, 0.25) is 0 Å². The predicted octanol–water partition coefficient (Wildman–Crippen LogP) is -0.209. The molecule has 0 aromatic carbocycles. The first-order valence-electron chi connectivity index (χ1n) is 6.80. The molecule has 6 nitrogen and oxygen atoms in total. The Bertz CT molecular complexity index is 332. The lowest BCUT2D eigenvalue weighted by atomic mass is 9.98. The molecule has 1 aliphatic rings. The number of carbonyl (C=O) groups excluding carboxylic acids is 3. The maximum absolute atomic E-state index is 11.8. The van der Waals surface area contributed by atoms with E-state index in [2.05, 4.69) is 16.0 Å². The Balaban J connectivity index is 2.13. The van der Waals surface area contributed by atoms with Crippen LogP contribution in [0.15, 0.2) is 0 Å². The van der Waals surface area contributed by atoms with Crippen molar-refractivity contribution in [3.8, 4) is 0 Å². The van der Waals surface area contributed by atoms with Gasteiger partial charge >= 0.3 is 0 Å². The first kappa shape index (κ1) is 15.5. The van der Waals surface area contributed by atoms with Crippen LogP contribution in [0, 0.1) is 11.8 Å². The van der Waals surface area contributed by atoms with Gasteiger partial charge in [0, 0.05) is 32.5 Å². The molecule has 108 valence electrons. The maximum atomic E-state index is 11.8. The SMILES string of the molecule is CC(C)CNC(=O)CCNC(=O)C1CCC(=O)NC1. The van der Waals surface area contributed by atoms with Crippen molar-refractivity contribution in [1.29, 1.82) is 0 Å². The van der Waals surface area contributed by atoms with E-state index in [9.17, 15) is 14.4 Å². The molecule has 0 radical (unpaired) electrons. The van der Waals surface area contributed by atoms with Crippen LogP contribution in [0.3, 0.4) is 0 Å². The minimum absolute atomic E-state index is 0.00267. The number of piperidine rings is 1. The topological polar surface area (TPSA) is 87.3 Å². The standard InChI is InChI=1S/C13H23N3O3/c1-9(2)7-15-12(18)5-6-14-13(19)10-3-4-11(17)16-8-10/h9-10H,3-8H2,1-2H3,(H,14,19)(H,15,18)(H,16,17). The van der Waals surface area contributed by atoms with Gasteiger partial charge in [0.1, 0.15) is 0 Å². The molecule has 6 heteroatoms. The summed E-state index contributed by atoms with van der Waals surface area (Å²) in [7, 11) is 0. The molecule has 1 aliphatic heterocycles. The zero-order chi connectivity index (χ0) is 14.3. The minimum Gasteiger partial charge on any atom is -0.356 e. The van der Waals surface area contributed by atoms with Gasteiger partial charge in [-0.2, -0.15) is 0 Å². The Morgan fingerprint density at radius 2 is 2.11 bits per heavy atom. The third kappa shape index (κ3) is 6.22. The lowest BCUT2D eigenvalue weighted by molar-refractivity contribution is -0.128. The predicted molar refractivity (Wildman–Crippen MR) is 71.2 cm³/mol. The summed E-state index contributed by atoms with van der Waals surface area (Å²) in [6.07, 6.45) is 1.27. The fraction of sp³-hybridized carbons (Fsp3) is 0.769. The summed E-state index contributed by atoms with van der Waals surface area (Å²) in [4.78, 5) is 34.2. The summed E-state index contributed by atoms with van der Waals surface area (Å²) in [6.45, 7) is 5.44. The van der Waals surface area contributed by atoms with Gasteiger partial charge < -0.3 is 16.0 Å². The number of hydrogen-bond donors (Lipinski definition) is 3. The summed E-state index contributed by atoms with van der Waals surface area (Å²) in [5.74, 6) is 0.112. The van der Waals surface area contributed by atoms with Crippen molar-refractivity contribution >= 4 is 17.7 Å². The Morgan fingerprint density at radius 1 is 1.37 bits per heavy atom. The van der Waals surface area contributed by atoms with Crippen molar-refractivity contribution in [1.82, 2.24) is 16.0 Å². The van der Waals surface area contributed by atoms with Crippen molar-refractivity contribution < 1.29 is 14.4 Å². The molecule has 1 unspecified atom stereocenters. The Hall–Kier alpha value is -1.59. The second kappa shape index (κ2) is 7.76. The van der Waals surface area contributed by atoms with E-state index >= 15 is 0 Å². The Labute approximate surface area is 113 Å². The van der Waals surface area contributed by atoms with Gasteiger partial charge in [-0.05, 0) is 12.3 Å². The van der Waals surface area contributed by atoms with Crippen LogP contribution >= 0.6 is 0 Å². The fourth-order valence-corrected chi connectivity index (χ4v) is 1.81. The van der Waals surface area contributed by atoms with Crippen molar-refractivity contribution in [2.75, 3.05) is 19.6 Å². The molecule has 3 N–H and O–H groups in total. The summed E-state index contributed by atoms with van der Waals surface area (Å²) in [6, 6.07) is 0. The lowest BCUT2D eigenvalue weighted by Crippen LogP contribution is -2.43. The van der Waals surface area contributed by atoms with E-state index in [1.165, 1.54) is 0 Å². The van der Waals surface area contributed by atoms with Crippen LogP contribution in [0.4, 0.5) is 0 Å². The highest BCUT2D eigenvalue weighted by Gasteiger charge is 2.23. The molecule has 0 aromatic heterocycles. The van der Waals surface area contributed by atoms with Crippen molar-refractivity contribution in [3.63, 3.8) is 0 Å². The molecule has 1 fully saturated rings. The van der Waals surface area contributed by atoms with Crippen LogP contribution in [0.5, 0.6) is 0 Å². The maximum Gasteiger partial charge on any atom is 0.224 e. The molecule has 1 rings (SSSR count). The lowest BCUT2D eigenvalue weighted by Gasteiger charge is -2.21. The van der Waals surface area contributed by atoms with Gasteiger partial charge in [-0.3, -0.25) is 14.4 Å². The van der Waals surface area contributed by atoms with Gasteiger partial charge in [0.05, 0.1) is 5.92 Å². The first-order valence-corrected chi connectivity index (χ1v) is 6.80. The number of rotatable bonds is 6. The molecule has 3 amide bonds. The van der Waals surface area contributed by atoms with Gasteiger partial charge in [0.15, 0.2) is 0 Å². The third-order valence-electron chi connectivity index (χ3n) is 3.00. The van der Waals surface area contributed by atoms with Gasteiger partial charge in [-0.15, -0.1) is 0 Å². The highest BCUT2D eigenvalue weighted by atomic mass is 16.2. The molecule has 0 spiro atoms. The van der Waals surface area contributed by atoms with E-state index in [0.717, 1.165) is 0 Å². The normalized spacial score (nSPS) is 18.9. The minimum atomic E-state index is -0.170. The van der Waals surface area contributed by atoms with E-state index in [1.807, 2.05) is 13.8 Å². The highest BCUT2D eigenvalue weighted by molar-refractivity contribution is 5.84. The van der Waals surface area contributed by atoms with E-state index in [0.29, 0.717) is 38.4 Å².